The van der Waals surface area contributed by atoms with Crippen molar-refractivity contribution >= 4 is 11.4 Å². The monoisotopic (exact) mass is 315 g/mol. The minimum absolute atomic E-state index is 0.583. The van der Waals surface area contributed by atoms with E-state index < -0.39 is 6.10 Å². The zero-order valence-electron chi connectivity index (χ0n) is 13.6. The van der Waals surface area contributed by atoms with Gasteiger partial charge in [0.1, 0.15) is 6.10 Å². The van der Waals surface area contributed by atoms with Crippen LogP contribution < -0.4 is 5.32 Å². The predicted molar refractivity (Wildman–Crippen MR) is 98.7 cm³/mol. The van der Waals surface area contributed by atoms with E-state index in [1.54, 1.807) is 0 Å². The zero-order valence-corrected chi connectivity index (χ0v) is 13.6. The summed E-state index contributed by atoms with van der Waals surface area (Å²) in [6.45, 7) is 0. The standard InChI is InChI=1S/C22H21NO/c24-22(17-5-2-1-3-6-17)18-10-12-20(13-11-18)23-21-14-9-16-7-4-8-19(16)15-21/h1-3,5-6,9-15,22-24H,4,7-8H2. The number of aliphatic hydroxyl groups excluding tert-OH is 1. The molecule has 0 heterocycles. The highest BCUT2D eigenvalue weighted by molar-refractivity contribution is 5.62. The van der Waals surface area contributed by atoms with Crippen LogP contribution in [0.4, 0.5) is 11.4 Å². The summed E-state index contributed by atoms with van der Waals surface area (Å²) >= 11 is 0. The average Bonchev–Trinajstić information content (AvgIpc) is 3.10. The maximum Gasteiger partial charge on any atom is 0.104 e. The summed E-state index contributed by atoms with van der Waals surface area (Å²) in [5.74, 6) is 0. The lowest BCUT2D eigenvalue weighted by atomic mass is 10.0. The van der Waals surface area contributed by atoms with Gasteiger partial charge in [-0.25, -0.2) is 0 Å². The van der Waals surface area contributed by atoms with Crippen LogP contribution in [0.3, 0.4) is 0 Å². The third kappa shape index (κ3) is 3.06. The van der Waals surface area contributed by atoms with Crippen LogP contribution in [0.1, 0.15) is 34.8 Å². The van der Waals surface area contributed by atoms with Gasteiger partial charge in [-0.2, -0.15) is 0 Å². The fourth-order valence-corrected chi connectivity index (χ4v) is 3.39. The Labute approximate surface area is 142 Å². The highest BCUT2D eigenvalue weighted by atomic mass is 16.3. The molecular formula is C22H21NO. The van der Waals surface area contributed by atoms with Crippen LogP contribution in [0.25, 0.3) is 0 Å². The SMILES string of the molecule is OC(c1ccccc1)c1ccc(Nc2ccc3c(c2)CCC3)cc1. The van der Waals surface area contributed by atoms with Crippen molar-refractivity contribution in [2.24, 2.45) is 0 Å². The Bertz CT molecular complexity index is 824. The smallest absolute Gasteiger partial charge is 0.104 e. The number of fused-ring (bicyclic) bond motifs is 1. The van der Waals surface area contributed by atoms with Gasteiger partial charge in [-0.15, -0.1) is 0 Å². The molecule has 0 amide bonds. The minimum atomic E-state index is -0.583. The second-order valence-corrected chi connectivity index (χ2v) is 6.40. The van der Waals surface area contributed by atoms with Gasteiger partial charge in [-0.1, -0.05) is 48.5 Å². The number of aryl methyl sites for hydroxylation is 2. The van der Waals surface area contributed by atoms with Crippen molar-refractivity contribution in [2.45, 2.75) is 25.4 Å². The van der Waals surface area contributed by atoms with Gasteiger partial charge >= 0.3 is 0 Å². The van der Waals surface area contributed by atoms with Crippen LogP contribution >= 0.6 is 0 Å². The number of hydrogen-bond donors (Lipinski definition) is 2. The van der Waals surface area contributed by atoms with E-state index in [1.165, 1.54) is 30.4 Å². The molecule has 3 aromatic carbocycles. The fraction of sp³-hybridized carbons (Fsp3) is 0.182. The van der Waals surface area contributed by atoms with Crippen molar-refractivity contribution in [2.75, 3.05) is 5.32 Å². The number of benzene rings is 3. The molecule has 0 saturated heterocycles. The van der Waals surface area contributed by atoms with Gasteiger partial charge < -0.3 is 10.4 Å². The molecule has 2 N–H and O–H groups in total. The van der Waals surface area contributed by atoms with Crippen molar-refractivity contribution in [3.8, 4) is 0 Å². The highest BCUT2D eigenvalue weighted by Gasteiger charge is 2.12. The van der Waals surface area contributed by atoms with Crippen LogP contribution in [-0.4, -0.2) is 5.11 Å². The summed E-state index contributed by atoms with van der Waals surface area (Å²) in [5.41, 5.74) is 6.94. The normalized spacial score (nSPS) is 14.2. The molecule has 120 valence electrons. The van der Waals surface area contributed by atoms with Crippen LogP contribution in [0.5, 0.6) is 0 Å². The maximum absolute atomic E-state index is 10.5. The first kappa shape index (κ1) is 15.0. The summed E-state index contributed by atoms with van der Waals surface area (Å²) in [6, 6.07) is 24.4. The molecule has 1 atom stereocenters. The number of nitrogens with one attached hydrogen (secondary N) is 1. The first-order valence-electron chi connectivity index (χ1n) is 8.51. The highest BCUT2D eigenvalue weighted by Crippen LogP contribution is 2.28. The van der Waals surface area contributed by atoms with Crippen molar-refractivity contribution in [1.82, 2.24) is 0 Å². The molecule has 2 nitrogen and oxygen atoms in total. The first-order chi connectivity index (χ1) is 11.8. The molecular weight excluding hydrogens is 294 g/mol. The summed E-state index contributed by atoms with van der Waals surface area (Å²) in [6.07, 6.45) is 3.08. The van der Waals surface area contributed by atoms with E-state index >= 15 is 0 Å². The minimum Gasteiger partial charge on any atom is -0.384 e. The van der Waals surface area contributed by atoms with E-state index in [1.807, 2.05) is 54.6 Å². The second-order valence-electron chi connectivity index (χ2n) is 6.40. The number of anilines is 2. The molecule has 2 heteroatoms. The van der Waals surface area contributed by atoms with Crippen molar-refractivity contribution < 1.29 is 5.11 Å². The Morgan fingerprint density at radius 1 is 0.708 bits per heavy atom. The average molecular weight is 315 g/mol. The molecule has 0 spiro atoms. The summed E-state index contributed by atoms with van der Waals surface area (Å²) in [4.78, 5) is 0. The predicted octanol–water partition coefficient (Wildman–Crippen LogP) is 5.00. The van der Waals surface area contributed by atoms with E-state index in [-0.39, 0.29) is 0 Å². The molecule has 0 aliphatic heterocycles. The van der Waals surface area contributed by atoms with Gasteiger partial charge in [0.15, 0.2) is 0 Å². The molecule has 0 bridgehead atoms. The first-order valence-corrected chi connectivity index (χ1v) is 8.51. The molecule has 0 radical (unpaired) electrons. The largest absolute Gasteiger partial charge is 0.384 e. The quantitative estimate of drug-likeness (QED) is 0.710. The summed E-state index contributed by atoms with van der Waals surface area (Å²) in [5, 5.41) is 13.9. The Morgan fingerprint density at radius 3 is 2.17 bits per heavy atom. The third-order valence-electron chi connectivity index (χ3n) is 4.73. The van der Waals surface area contributed by atoms with Gasteiger partial charge in [0.25, 0.3) is 0 Å². The van der Waals surface area contributed by atoms with E-state index in [0.29, 0.717) is 0 Å². The molecule has 4 rings (SSSR count). The van der Waals surface area contributed by atoms with Gasteiger partial charge in [0.05, 0.1) is 0 Å². The Hall–Kier alpha value is -2.58. The van der Waals surface area contributed by atoms with Crippen LogP contribution in [-0.2, 0) is 12.8 Å². The van der Waals surface area contributed by atoms with Crippen LogP contribution in [0.15, 0.2) is 72.8 Å². The van der Waals surface area contributed by atoms with E-state index in [2.05, 4.69) is 23.5 Å². The number of aliphatic hydroxyl groups is 1. The molecule has 1 unspecified atom stereocenters. The van der Waals surface area contributed by atoms with E-state index in [0.717, 1.165) is 22.5 Å². The van der Waals surface area contributed by atoms with Crippen LogP contribution in [0.2, 0.25) is 0 Å². The Balaban J connectivity index is 1.50. The van der Waals surface area contributed by atoms with Crippen LogP contribution in [0, 0.1) is 0 Å². The number of rotatable bonds is 4. The Kier molecular flexibility index (Phi) is 4.06. The molecule has 1 aliphatic carbocycles. The molecule has 0 saturated carbocycles. The van der Waals surface area contributed by atoms with Crippen molar-refractivity contribution in [3.63, 3.8) is 0 Å². The lowest BCUT2D eigenvalue weighted by molar-refractivity contribution is 0.220. The lowest BCUT2D eigenvalue weighted by Gasteiger charge is -2.13. The fourth-order valence-electron chi connectivity index (χ4n) is 3.39. The van der Waals surface area contributed by atoms with Crippen molar-refractivity contribution in [1.29, 1.82) is 0 Å². The van der Waals surface area contributed by atoms with Gasteiger partial charge in [-0.05, 0) is 65.8 Å². The van der Waals surface area contributed by atoms with Gasteiger partial charge in [0.2, 0.25) is 0 Å². The number of hydrogen-bond acceptors (Lipinski definition) is 2. The molecule has 0 aromatic heterocycles. The lowest BCUT2D eigenvalue weighted by Crippen LogP contribution is -1.99. The molecule has 24 heavy (non-hydrogen) atoms. The molecule has 3 aromatic rings. The molecule has 0 fully saturated rings. The zero-order chi connectivity index (χ0) is 16.4. The van der Waals surface area contributed by atoms with Crippen molar-refractivity contribution in [3.05, 3.63) is 95.1 Å². The maximum atomic E-state index is 10.5. The second kappa shape index (κ2) is 6.50. The third-order valence-corrected chi connectivity index (χ3v) is 4.73. The summed E-state index contributed by atoms with van der Waals surface area (Å²) in [7, 11) is 0. The van der Waals surface area contributed by atoms with Gasteiger partial charge in [0, 0.05) is 11.4 Å². The van der Waals surface area contributed by atoms with E-state index in [9.17, 15) is 5.11 Å². The summed E-state index contributed by atoms with van der Waals surface area (Å²) < 4.78 is 0. The Morgan fingerprint density at radius 2 is 1.38 bits per heavy atom. The van der Waals surface area contributed by atoms with Gasteiger partial charge in [-0.3, -0.25) is 0 Å². The topological polar surface area (TPSA) is 32.3 Å². The van der Waals surface area contributed by atoms with E-state index in [4.69, 9.17) is 0 Å². The molecule has 1 aliphatic rings.